The van der Waals surface area contributed by atoms with Gasteiger partial charge in [0.25, 0.3) is 0 Å². The Balaban J connectivity index is 0. The van der Waals surface area contributed by atoms with Gasteiger partial charge >= 0.3 is 7.52 Å². The molecule has 1 aromatic rings. The summed E-state index contributed by atoms with van der Waals surface area (Å²) in [5, 5.41) is -0.442. The van der Waals surface area contributed by atoms with Crippen LogP contribution in [0.5, 0.6) is 0 Å². The molecular formula is C18H36NO2P. The third-order valence-corrected chi connectivity index (χ3v) is 6.24. The first kappa shape index (κ1) is 23.5. The molecule has 0 aliphatic rings. The van der Waals surface area contributed by atoms with Crippen LogP contribution in [0.4, 0.5) is 5.69 Å². The summed E-state index contributed by atoms with van der Waals surface area (Å²) in [6.07, 6.45) is 0. The highest BCUT2D eigenvalue weighted by molar-refractivity contribution is 7.62. The zero-order chi connectivity index (χ0) is 15.6. The van der Waals surface area contributed by atoms with Gasteiger partial charge in [-0.1, -0.05) is 53.8 Å². The molecule has 0 heterocycles. The molecule has 0 aliphatic carbocycles. The lowest BCUT2D eigenvalue weighted by atomic mass is 9.99. The van der Waals surface area contributed by atoms with Crippen LogP contribution in [0.1, 0.15) is 56.4 Å². The van der Waals surface area contributed by atoms with Crippen molar-refractivity contribution in [2.24, 2.45) is 5.41 Å². The van der Waals surface area contributed by atoms with Crippen molar-refractivity contribution < 1.29 is 9.09 Å². The molecule has 0 aromatic heterocycles. The van der Waals surface area contributed by atoms with Gasteiger partial charge in [0.2, 0.25) is 0 Å². The van der Waals surface area contributed by atoms with Gasteiger partial charge in [-0.05, 0) is 38.3 Å². The van der Waals surface area contributed by atoms with E-state index in [0.29, 0.717) is 6.61 Å². The second-order valence-corrected chi connectivity index (χ2v) is 10.6. The predicted molar refractivity (Wildman–Crippen MR) is 101 cm³/mol. The second-order valence-electron chi connectivity index (χ2n) is 7.38. The highest BCUT2D eigenvalue weighted by Crippen LogP contribution is 2.62. The Morgan fingerprint density at radius 1 is 1.00 bits per heavy atom. The number of hydrogen-bond acceptors (Lipinski definition) is 2. The Morgan fingerprint density at radius 3 is 1.82 bits per heavy atom. The van der Waals surface area contributed by atoms with E-state index < -0.39 is 12.7 Å². The average molecular weight is 329 g/mol. The van der Waals surface area contributed by atoms with Gasteiger partial charge in [0, 0.05) is 12.7 Å². The van der Waals surface area contributed by atoms with E-state index in [1.54, 1.807) is 4.67 Å². The van der Waals surface area contributed by atoms with Crippen molar-refractivity contribution in [3.8, 4) is 0 Å². The van der Waals surface area contributed by atoms with Crippen LogP contribution in [0, 0.1) is 5.41 Å². The summed E-state index contributed by atoms with van der Waals surface area (Å²) in [6, 6.07) is 9.76. The van der Waals surface area contributed by atoms with Crippen LogP contribution in [-0.4, -0.2) is 18.8 Å². The van der Waals surface area contributed by atoms with Crippen LogP contribution in [0.15, 0.2) is 30.3 Å². The van der Waals surface area contributed by atoms with Crippen molar-refractivity contribution in [1.82, 2.24) is 0 Å². The van der Waals surface area contributed by atoms with E-state index in [2.05, 4.69) is 20.8 Å². The Labute approximate surface area is 138 Å². The van der Waals surface area contributed by atoms with Crippen molar-refractivity contribution in [1.29, 1.82) is 0 Å². The molecule has 1 unspecified atom stereocenters. The van der Waals surface area contributed by atoms with Crippen LogP contribution in [-0.2, 0) is 9.09 Å². The Bertz CT molecular complexity index is 472. The Hall–Kier alpha value is -0.790. The standard InChI is InChI=1S/C16H28NO2P.2CH4/c1-15(2,3)13-19-20(18,16(4,5)6)17(7)14-11-9-8-10-12-14;;/h8-12H,13H2,1-7H3;2*1H4. The van der Waals surface area contributed by atoms with E-state index in [0.717, 1.165) is 5.69 Å². The quantitative estimate of drug-likeness (QED) is 0.594. The molecule has 0 aliphatic heterocycles. The lowest BCUT2D eigenvalue weighted by Gasteiger charge is -2.39. The van der Waals surface area contributed by atoms with Crippen LogP contribution in [0.2, 0.25) is 0 Å². The molecule has 0 saturated heterocycles. The number of benzene rings is 1. The monoisotopic (exact) mass is 329 g/mol. The Kier molecular flexibility index (Phi) is 8.72. The molecule has 22 heavy (non-hydrogen) atoms. The maximum absolute atomic E-state index is 13.5. The van der Waals surface area contributed by atoms with Crippen molar-refractivity contribution in [3.05, 3.63) is 30.3 Å². The third-order valence-electron chi connectivity index (χ3n) is 3.05. The minimum absolute atomic E-state index is 0. The molecule has 0 radical (unpaired) electrons. The van der Waals surface area contributed by atoms with E-state index in [1.165, 1.54) is 0 Å². The van der Waals surface area contributed by atoms with E-state index in [9.17, 15) is 4.57 Å². The molecule has 4 heteroatoms. The van der Waals surface area contributed by atoms with E-state index in [1.807, 2.05) is 58.2 Å². The van der Waals surface area contributed by atoms with Crippen molar-refractivity contribution >= 4 is 13.2 Å². The number of anilines is 1. The van der Waals surface area contributed by atoms with Gasteiger partial charge in [-0.3, -0.25) is 4.57 Å². The van der Waals surface area contributed by atoms with Gasteiger partial charge in [-0.2, -0.15) is 0 Å². The zero-order valence-electron chi connectivity index (χ0n) is 13.8. The molecule has 0 bridgehead atoms. The second kappa shape index (κ2) is 8.17. The number of nitrogens with zero attached hydrogens (tertiary/aromatic N) is 1. The van der Waals surface area contributed by atoms with Crippen molar-refractivity contribution in [2.75, 3.05) is 18.3 Å². The molecule has 130 valence electrons. The minimum Gasteiger partial charge on any atom is -0.312 e. The van der Waals surface area contributed by atoms with E-state index in [-0.39, 0.29) is 20.3 Å². The Morgan fingerprint density at radius 2 is 1.45 bits per heavy atom. The van der Waals surface area contributed by atoms with Gasteiger partial charge in [0.05, 0.1) is 11.8 Å². The fourth-order valence-electron chi connectivity index (χ4n) is 1.81. The summed E-state index contributed by atoms with van der Waals surface area (Å²) >= 11 is 0. The average Bonchev–Trinajstić information content (AvgIpc) is 2.34. The van der Waals surface area contributed by atoms with Crippen LogP contribution in [0.25, 0.3) is 0 Å². The maximum atomic E-state index is 13.5. The molecule has 0 N–H and O–H groups in total. The smallest absolute Gasteiger partial charge is 0.301 e. The van der Waals surface area contributed by atoms with Gasteiger partial charge in [-0.15, -0.1) is 0 Å². The fourth-order valence-corrected chi connectivity index (χ4v) is 4.27. The van der Waals surface area contributed by atoms with Gasteiger partial charge in [-0.25, -0.2) is 0 Å². The van der Waals surface area contributed by atoms with Crippen LogP contribution >= 0.6 is 7.52 Å². The van der Waals surface area contributed by atoms with E-state index in [4.69, 9.17) is 4.52 Å². The van der Waals surface area contributed by atoms with E-state index >= 15 is 0 Å². The SMILES string of the molecule is C.C.CN(c1ccccc1)P(=O)(OCC(C)(C)C)C(C)(C)C. The molecule has 0 spiro atoms. The normalized spacial score (nSPS) is 14.3. The summed E-state index contributed by atoms with van der Waals surface area (Å²) in [6.45, 7) is 12.6. The molecule has 0 saturated carbocycles. The zero-order valence-corrected chi connectivity index (χ0v) is 14.7. The summed E-state index contributed by atoms with van der Waals surface area (Å²) in [5.74, 6) is 0. The molecule has 1 atom stereocenters. The summed E-state index contributed by atoms with van der Waals surface area (Å²) in [4.78, 5) is 0. The summed E-state index contributed by atoms with van der Waals surface area (Å²) in [5.41, 5.74) is 0.901. The van der Waals surface area contributed by atoms with Crippen molar-refractivity contribution in [2.45, 2.75) is 61.6 Å². The number of hydrogen-bond donors (Lipinski definition) is 0. The van der Waals surface area contributed by atoms with Gasteiger partial charge in [0.1, 0.15) is 0 Å². The molecular weight excluding hydrogens is 293 g/mol. The lowest BCUT2D eigenvalue weighted by molar-refractivity contribution is 0.192. The molecule has 0 amide bonds. The third kappa shape index (κ3) is 5.78. The first-order valence-corrected chi connectivity index (χ1v) is 8.59. The van der Waals surface area contributed by atoms with Gasteiger partial charge in [0.15, 0.2) is 0 Å². The molecule has 0 fully saturated rings. The molecule has 1 rings (SSSR count). The summed E-state index contributed by atoms with van der Waals surface area (Å²) < 4.78 is 21.2. The number of rotatable bonds is 4. The number of para-hydroxylation sites is 1. The first-order valence-electron chi connectivity index (χ1n) is 7.01. The fraction of sp³-hybridized carbons (Fsp3) is 0.667. The highest BCUT2D eigenvalue weighted by Gasteiger charge is 2.43. The van der Waals surface area contributed by atoms with Crippen LogP contribution < -0.4 is 4.67 Å². The van der Waals surface area contributed by atoms with Gasteiger partial charge < -0.3 is 9.19 Å². The molecule has 1 aromatic carbocycles. The minimum atomic E-state index is -2.98. The topological polar surface area (TPSA) is 29.5 Å². The summed E-state index contributed by atoms with van der Waals surface area (Å²) in [7, 11) is -1.13. The predicted octanol–water partition coefficient (Wildman–Crippen LogP) is 6.45. The van der Waals surface area contributed by atoms with Crippen molar-refractivity contribution in [3.63, 3.8) is 0 Å². The van der Waals surface area contributed by atoms with Crippen LogP contribution in [0.3, 0.4) is 0 Å². The molecule has 3 nitrogen and oxygen atoms in total. The lowest BCUT2D eigenvalue weighted by Crippen LogP contribution is -2.31. The first-order chi connectivity index (χ1) is 8.97. The maximum Gasteiger partial charge on any atom is 0.301 e. The largest absolute Gasteiger partial charge is 0.312 e. The highest BCUT2D eigenvalue weighted by atomic mass is 31.2.